The number of carbonyl (C=O) groups is 5. The van der Waals surface area contributed by atoms with Gasteiger partial charge in [0.2, 0.25) is 17.7 Å². The van der Waals surface area contributed by atoms with Crippen LogP contribution < -0.4 is 21.3 Å². The third-order valence-corrected chi connectivity index (χ3v) is 8.00. The summed E-state index contributed by atoms with van der Waals surface area (Å²) in [5.74, 6) is -3.44. The van der Waals surface area contributed by atoms with E-state index in [-0.39, 0.29) is 25.7 Å². The summed E-state index contributed by atoms with van der Waals surface area (Å²) < 4.78 is 0.810. The van der Waals surface area contributed by atoms with Crippen LogP contribution in [-0.4, -0.2) is 56.9 Å². The number of benzene rings is 1. The Bertz CT molecular complexity index is 1060. The summed E-state index contributed by atoms with van der Waals surface area (Å²) in [6.45, 7) is 12.8. The van der Waals surface area contributed by atoms with E-state index in [2.05, 4.69) is 37.2 Å². The molecule has 4 atom stereocenters. The zero-order valence-electron chi connectivity index (χ0n) is 23.5. The molecule has 0 aromatic heterocycles. The molecule has 0 radical (unpaired) electrons. The smallest absolute Gasteiger partial charge is 0.329 e. The van der Waals surface area contributed by atoms with Crippen LogP contribution in [0, 0.1) is 0 Å². The topological polar surface area (TPSA) is 154 Å². The molecule has 1 aromatic carbocycles. The maximum absolute atomic E-state index is 13.5. The Balaban J connectivity index is 3.13. The van der Waals surface area contributed by atoms with Crippen molar-refractivity contribution in [3.05, 3.63) is 34.3 Å². The van der Waals surface area contributed by atoms with Crippen molar-refractivity contribution in [1.29, 1.82) is 0 Å². The van der Waals surface area contributed by atoms with Crippen molar-refractivity contribution < 1.29 is 29.1 Å². The maximum atomic E-state index is 13.5. The first-order valence-electron chi connectivity index (χ1n) is 12.7. The lowest BCUT2D eigenvalue weighted by atomic mass is 9.89. The highest BCUT2D eigenvalue weighted by Gasteiger charge is 2.45. The lowest BCUT2D eigenvalue weighted by Gasteiger charge is -2.38. The number of aliphatic carboxylic acids is 1. The first-order chi connectivity index (χ1) is 17.5. The second-order valence-electron chi connectivity index (χ2n) is 10.4. The van der Waals surface area contributed by atoms with Crippen molar-refractivity contribution in [2.75, 3.05) is 0 Å². The molecule has 0 aliphatic rings. The van der Waals surface area contributed by atoms with Crippen molar-refractivity contribution in [3.8, 4) is 0 Å². The summed E-state index contributed by atoms with van der Waals surface area (Å²) in [5.41, 5.74) is -5.31. The fourth-order valence-corrected chi connectivity index (χ4v) is 3.56. The minimum atomic E-state index is -1.50. The molecule has 1 rings (SSSR count). The number of carboxylic acids is 1. The summed E-state index contributed by atoms with van der Waals surface area (Å²) in [5, 5.41) is 20.3. The standard InChI is InChI=1S/C27H41BrN4O6/c1-9-24(5,29-19(33)17-13-15-18(28)16-14-17)20(34)30-25(6,10-2)21(35)31-26(7,11-3)22(36)32-27(8,12-4)23(37)38/h13-16H,9-12H2,1-8H3,(H,29,33)(H,30,34)(H,31,35)(H,32,36)(H,37,38)/t24-,25+,26-,27+/m1/s1. The lowest BCUT2D eigenvalue weighted by molar-refractivity contribution is -0.148. The summed E-state index contributed by atoms with van der Waals surface area (Å²) in [4.78, 5) is 64.5. The van der Waals surface area contributed by atoms with Gasteiger partial charge in [0.25, 0.3) is 5.91 Å². The minimum Gasteiger partial charge on any atom is -0.480 e. The van der Waals surface area contributed by atoms with E-state index in [4.69, 9.17) is 0 Å². The average Bonchev–Trinajstić information content (AvgIpc) is 2.88. The van der Waals surface area contributed by atoms with Crippen LogP contribution in [-0.2, 0) is 19.2 Å². The van der Waals surface area contributed by atoms with Crippen molar-refractivity contribution in [2.45, 2.75) is 103 Å². The number of nitrogens with one attached hydrogen (secondary N) is 4. The van der Waals surface area contributed by atoms with Crippen LogP contribution in [0.15, 0.2) is 28.7 Å². The van der Waals surface area contributed by atoms with Gasteiger partial charge in [-0.3, -0.25) is 19.2 Å². The largest absolute Gasteiger partial charge is 0.480 e. The van der Waals surface area contributed by atoms with E-state index in [9.17, 15) is 29.1 Å². The Kier molecular flexibility index (Phi) is 11.1. The zero-order valence-corrected chi connectivity index (χ0v) is 25.1. The highest BCUT2D eigenvalue weighted by molar-refractivity contribution is 9.10. The molecule has 0 fully saturated rings. The van der Waals surface area contributed by atoms with Crippen LogP contribution in [0.25, 0.3) is 0 Å². The Morgan fingerprint density at radius 2 is 0.947 bits per heavy atom. The molecular weight excluding hydrogens is 556 g/mol. The van der Waals surface area contributed by atoms with E-state index in [1.807, 2.05) is 0 Å². The molecule has 10 nitrogen and oxygen atoms in total. The van der Waals surface area contributed by atoms with Gasteiger partial charge in [-0.25, -0.2) is 4.79 Å². The summed E-state index contributed by atoms with van der Waals surface area (Å²) in [7, 11) is 0. The predicted octanol–water partition coefficient (Wildman–Crippen LogP) is 3.29. The summed E-state index contributed by atoms with van der Waals surface area (Å²) in [6.07, 6.45) is 0.760. The van der Waals surface area contributed by atoms with Crippen molar-refractivity contribution in [3.63, 3.8) is 0 Å². The molecule has 5 N–H and O–H groups in total. The molecule has 0 bridgehead atoms. The predicted molar refractivity (Wildman–Crippen MR) is 148 cm³/mol. The molecule has 0 heterocycles. The number of hydrogen-bond donors (Lipinski definition) is 5. The molecule has 0 unspecified atom stereocenters. The quantitative estimate of drug-likeness (QED) is 0.235. The van der Waals surface area contributed by atoms with E-state index in [0.717, 1.165) is 4.47 Å². The Morgan fingerprint density at radius 1 is 0.632 bits per heavy atom. The molecule has 0 saturated carbocycles. The van der Waals surface area contributed by atoms with E-state index in [1.165, 1.54) is 20.8 Å². The Morgan fingerprint density at radius 3 is 1.26 bits per heavy atom. The Labute approximate surface area is 233 Å². The second kappa shape index (κ2) is 12.7. The van der Waals surface area contributed by atoms with Gasteiger partial charge in [0.05, 0.1) is 0 Å². The van der Waals surface area contributed by atoms with Gasteiger partial charge in [0.1, 0.15) is 22.2 Å². The minimum absolute atomic E-state index is 0.145. The molecule has 38 heavy (non-hydrogen) atoms. The van der Waals surface area contributed by atoms with Gasteiger partial charge in [-0.15, -0.1) is 0 Å². The molecule has 212 valence electrons. The molecule has 0 spiro atoms. The van der Waals surface area contributed by atoms with Gasteiger partial charge in [0, 0.05) is 10.0 Å². The van der Waals surface area contributed by atoms with E-state index < -0.39 is 51.8 Å². The van der Waals surface area contributed by atoms with Gasteiger partial charge in [-0.2, -0.15) is 0 Å². The number of hydrogen-bond acceptors (Lipinski definition) is 5. The summed E-state index contributed by atoms with van der Waals surface area (Å²) >= 11 is 3.32. The SMILES string of the molecule is CC[C@@](C)(NC(=O)c1ccc(Br)cc1)C(=O)N[C@@](C)(CC)C(=O)N[C@](C)(CC)C(=O)N[C@@](C)(CC)C(=O)O. The van der Waals surface area contributed by atoms with Crippen LogP contribution in [0.3, 0.4) is 0 Å². The number of rotatable bonds is 13. The Hall–Kier alpha value is -2.95. The highest BCUT2D eigenvalue weighted by Crippen LogP contribution is 2.21. The molecule has 1 aromatic rings. The first-order valence-corrected chi connectivity index (χ1v) is 13.5. The fourth-order valence-electron chi connectivity index (χ4n) is 3.30. The van der Waals surface area contributed by atoms with E-state index >= 15 is 0 Å². The molecule has 11 heteroatoms. The monoisotopic (exact) mass is 596 g/mol. The number of halogens is 1. The zero-order chi connectivity index (χ0) is 29.5. The fraction of sp³-hybridized carbons (Fsp3) is 0.593. The van der Waals surface area contributed by atoms with Crippen LogP contribution in [0.5, 0.6) is 0 Å². The van der Waals surface area contributed by atoms with E-state index in [1.54, 1.807) is 58.9 Å². The third-order valence-electron chi connectivity index (χ3n) is 7.47. The maximum Gasteiger partial charge on any atom is 0.329 e. The molecule has 0 saturated heterocycles. The molecule has 4 amide bonds. The van der Waals surface area contributed by atoms with Gasteiger partial charge in [0.15, 0.2) is 0 Å². The van der Waals surface area contributed by atoms with Crippen molar-refractivity contribution in [1.82, 2.24) is 21.3 Å². The number of carboxylic acid groups (broad SMARTS) is 1. The molecule has 0 aliphatic heterocycles. The third kappa shape index (κ3) is 7.55. The van der Waals surface area contributed by atoms with Gasteiger partial charge in [-0.05, 0) is 77.6 Å². The van der Waals surface area contributed by atoms with Crippen LogP contribution in [0.1, 0.15) is 91.4 Å². The first kappa shape index (κ1) is 33.1. The van der Waals surface area contributed by atoms with Crippen LogP contribution in [0.4, 0.5) is 0 Å². The van der Waals surface area contributed by atoms with Crippen LogP contribution in [0.2, 0.25) is 0 Å². The lowest BCUT2D eigenvalue weighted by Crippen LogP contribution is -2.69. The molecular formula is C27H41BrN4O6. The van der Waals surface area contributed by atoms with Gasteiger partial charge in [-0.1, -0.05) is 43.6 Å². The van der Waals surface area contributed by atoms with Crippen molar-refractivity contribution >= 4 is 45.5 Å². The number of amides is 4. The van der Waals surface area contributed by atoms with E-state index in [0.29, 0.717) is 5.56 Å². The molecule has 0 aliphatic carbocycles. The highest BCUT2D eigenvalue weighted by atomic mass is 79.9. The second-order valence-corrected chi connectivity index (χ2v) is 11.3. The van der Waals surface area contributed by atoms with Crippen LogP contribution >= 0.6 is 15.9 Å². The summed E-state index contributed by atoms with van der Waals surface area (Å²) in [6, 6.07) is 6.69. The van der Waals surface area contributed by atoms with Gasteiger partial charge >= 0.3 is 5.97 Å². The average molecular weight is 598 g/mol. The van der Waals surface area contributed by atoms with Gasteiger partial charge < -0.3 is 26.4 Å². The normalized spacial score (nSPS) is 17.4. The number of carbonyl (C=O) groups excluding carboxylic acids is 4. The van der Waals surface area contributed by atoms with Crippen molar-refractivity contribution in [2.24, 2.45) is 0 Å².